The van der Waals surface area contributed by atoms with E-state index in [1.165, 1.54) is 11.1 Å². The quantitative estimate of drug-likeness (QED) is 0.589. The Morgan fingerprint density at radius 1 is 0.840 bits per heavy atom. The van der Waals surface area contributed by atoms with Crippen LogP contribution in [0.3, 0.4) is 0 Å². The lowest BCUT2D eigenvalue weighted by atomic mass is 9.66. The van der Waals surface area contributed by atoms with Gasteiger partial charge in [-0.2, -0.15) is 0 Å². The molecule has 122 valence electrons. The number of nitrogens with zero attached hydrogens (tertiary/aromatic N) is 1. The molecule has 3 aromatic carbocycles. The van der Waals surface area contributed by atoms with Crippen molar-refractivity contribution in [2.45, 2.75) is 18.9 Å². The van der Waals surface area contributed by atoms with Crippen molar-refractivity contribution in [3.8, 4) is 0 Å². The maximum Gasteiger partial charge on any atom is 0.0646 e. The Balaban J connectivity index is 1.94. The first-order chi connectivity index (χ1) is 12.2. The lowest BCUT2D eigenvalue weighted by Gasteiger charge is -2.38. The summed E-state index contributed by atoms with van der Waals surface area (Å²) in [6, 6.07) is 29.5. The second-order valence-electron chi connectivity index (χ2n) is 6.66. The predicted octanol–water partition coefficient (Wildman–Crippen LogP) is 5.66. The molecule has 0 spiro atoms. The van der Waals surface area contributed by atoms with Crippen LogP contribution in [0.1, 0.15) is 29.2 Å². The molecule has 1 aliphatic heterocycles. The fourth-order valence-electron chi connectivity index (χ4n) is 3.81. The van der Waals surface area contributed by atoms with Gasteiger partial charge < -0.3 is 0 Å². The molecule has 0 fully saturated rings. The van der Waals surface area contributed by atoms with E-state index in [0.717, 1.165) is 29.0 Å². The number of hydrogen-bond donors (Lipinski definition) is 0. The summed E-state index contributed by atoms with van der Waals surface area (Å²) in [6.07, 6.45) is 0. The Kier molecular flexibility index (Phi) is 3.85. The average Bonchev–Trinajstić information content (AvgIpc) is 2.69. The molecule has 0 saturated heterocycles. The first-order valence-electron chi connectivity index (χ1n) is 8.65. The van der Waals surface area contributed by atoms with Crippen LogP contribution in [0.2, 0.25) is 0 Å². The summed E-state index contributed by atoms with van der Waals surface area (Å²) < 4.78 is 0. The standard InChI is InChI=1S/C24H21N/c1-18(19-11-5-3-6-12-19)24(2)22-16-10-9-15-21(22)17-25-23(24)20-13-7-4-8-14-20/h3-16H,1,17H2,2H3. The highest BCUT2D eigenvalue weighted by atomic mass is 14.8. The molecule has 1 aliphatic rings. The molecule has 1 heteroatoms. The number of fused-ring (bicyclic) bond motifs is 1. The molecule has 1 unspecified atom stereocenters. The highest BCUT2D eigenvalue weighted by molar-refractivity contribution is 6.16. The van der Waals surface area contributed by atoms with Crippen LogP contribution < -0.4 is 0 Å². The third-order valence-electron chi connectivity index (χ3n) is 5.21. The summed E-state index contributed by atoms with van der Waals surface area (Å²) in [5.41, 5.74) is 6.74. The van der Waals surface area contributed by atoms with Crippen molar-refractivity contribution in [1.82, 2.24) is 0 Å². The van der Waals surface area contributed by atoms with Crippen LogP contribution in [0, 0.1) is 0 Å². The molecule has 0 bridgehead atoms. The second-order valence-corrected chi connectivity index (χ2v) is 6.66. The molecule has 0 aromatic heterocycles. The normalized spacial score (nSPS) is 19.0. The van der Waals surface area contributed by atoms with E-state index in [2.05, 4.69) is 86.3 Å². The van der Waals surface area contributed by atoms with E-state index in [1.807, 2.05) is 12.1 Å². The van der Waals surface area contributed by atoms with Crippen LogP contribution in [0.25, 0.3) is 5.57 Å². The van der Waals surface area contributed by atoms with Gasteiger partial charge >= 0.3 is 0 Å². The molecule has 4 rings (SSSR count). The van der Waals surface area contributed by atoms with Gasteiger partial charge in [-0.15, -0.1) is 0 Å². The minimum absolute atomic E-state index is 0.350. The Hall–Kier alpha value is -2.93. The van der Waals surface area contributed by atoms with Crippen LogP contribution in [0.5, 0.6) is 0 Å². The molecule has 1 atom stereocenters. The summed E-state index contributed by atoms with van der Waals surface area (Å²) in [5.74, 6) is 0. The van der Waals surface area contributed by atoms with E-state index < -0.39 is 0 Å². The van der Waals surface area contributed by atoms with E-state index in [1.54, 1.807) is 0 Å². The van der Waals surface area contributed by atoms with Crippen molar-refractivity contribution in [1.29, 1.82) is 0 Å². The summed E-state index contributed by atoms with van der Waals surface area (Å²) in [7, 11) is 0. The summed E-state index contributed by atoms with van der Waals surface area (Å²) in [4.78, 5) is 5.00. The molecule has 1 nitrogen and oxygen atoms in total. The third-order valence-corrected chi connectivity index (χ3v) is 5.21. The second kappa shape index (κ2) is 6.18. The number of aliphatic imine (C=N–C) groups is 1. The molecule has 0 saturated carbocycles. The van der Waals surface area contributed by atoms with Crippen molar-refractivity contribution in [3.05, 3.63) is 114 Å². The highest BCUT2D eigenvalue weighted by Gasteiger charge is 2.40. The SMILES string of the molecule is C=C(c1ccccc1)C1(C)C(c2ccccc2)=NCc2ccccc21. The monoisotopic (exact) mass is 323 g/mol. The fraction of sp³-hybridized carbons (Fsp3) is 0.125. The molecular formula is C24H21N. The molecule has 25 heavy (non-hydrogen) atoms. The van der Waals surface area contributed by atoms with Gasteiger partial charge in [-0.05, 0) is 34.8 Å². The van der Waals surface area contributed by atoms with Crippen LogP contribution in [0.15, 0.2) is 96.5 Å². The summed E-state index contributed by atoms with van der Waals surface area (Å²) in [6.45, 7) is 7.49. The number of rotatable bonds is 3. The van der Waals surface area contributed by atoms with Crippen molar-refractivity contribution in [2.24, 2.45) is 4.99 Å². The van der Waals surface area contributed by atoms with Crippen LogP contribution in [-0.2, 0) is 12.0 Å². The van der Waals surface area contributed by atoms with E-state index >= 15 is 0 Å². The zero-order valence-electron chi connectivity index (χ0n) is 14.4. The lowest BCUT2D eigenvalue weighted by Crippen LogP contribution is -2.38. The van der Waals surface area contributed by atoms with Crippen molar-refractivity contribution in [2.75, 3.05) is 0 Å². The van der Waals surface area contributed by atoms with Crippen LogP contribution >= 0.6 is 0 Å². The molecule has 0 N–H and O–H groups in total. The van der Waals surface area contributed by atoms with E-state index in [9.17, 15) is 0 Å². The van der Waals surface area contributed by atoms with Crippen molar-refractivity contribution < 1.29 is 0 Å². The van der Waals surface area contributed by atoms with E-state index in [4.69, 9.17) is 4.99 Å². The average molecular weight is 323 g/mol. The number of benzene rings is 3. The third kappa shape index (κ3) is 2.53. The summed E-state index contributed by atoms with van der Waals surface area (Å²) in [5, 5.41) is 0. The minimum Gasteiger partial charge on any atom is -0.283 e. The fourth-order valence-corrected chi connectivity index (χ4v) is 3.81. The zero-order chi connectivity index (χ0) is 17.3. The minimum atomic E-state index is -0.350. The van der Waals surface area contributed by atoms with Gasteiger partial charge in [-0.25, -0.2) is 0 Å². The molecule has 1 heterocycles. The Morgan fingerprint density at radius 2 is 1.44 bits per heavy atom. The van der Waals surface area contributed by atoms with Crippen molar-refractivity contribution >= 4 is 11.3 Å². The van der Waals surface area contributed by atoms with E-state index in [0.29, 0.717) is 0 Å². The molecule has 3 aromatic rings. The van der Waals surface area contributed by atoms with Gasteiger partial charge in [-0.3, -0.25) is 4.99 Å². The van der Waals surface area contributed by atoms with Crippen molar-refractivity contribution in [3.63, 3.8) is 0 Å². The molecule has 0 amide bonds. The van der Waals surface area contributed by atoms with Gasteiger partial charge in [0.25, 0.3) is 0 Å². The number of hydrogen-bond acceptors (Lipinski definition) is 1. The predicted molar refractivity (Wildman–Crippen MR) is 106 cm³/mol. The maximum atomic E-state index is 5.00. The first-order valence-corrected chi connectivity index (χ1v) is 8.65. The van der Waals surface area contributed by atoms with Crippen LogP contribution in [-0.4, -0.2) is 5.71 Å². The molecule has 0 aliphatic carbocycles. The smallest absolute Gasteiger partial charge is 0.0646 e. The lowest BCUT2D eigenvalue weighted by molar-refractivity contribution is 0.773. The Morgan fingerprint density at radius 3 is 2.16 bits per heavy atom. The Bertz CT molecular complexity index is 938. The van der Waals surface area contributed by atoms with Gasteiger partial charge in [0.15, 0.2) is 0 Å². The van der Waals surface area contributed by atoms with Crippen LogP contribution in [0.4, 0.5) is 0 Å². The largest absolute Gasteiger partial charge is 0.283 e. The molecular weight excluding hydrogens is 302 g/mol. The van der Waals surface area contributed by atoms with Gasteiger partial charge in [0.2, 0.25) is 0 Å². The van der Waals surface area contributed by atoms with Gasteiger partial charge in [0, 0.05) is 0 Å². The maximum absolute atomic E-state index is 5.00. The number of allylic oxidation sites excluding steroid dienone is 1. The van der Waals surface area contributed by atoms with E-state index in [-0.39, 0.29) is 5.41 Å². The topological polar surface area (TPSA) is 12.4 Å². The van der Waals surface area contributed by atoms with Gasteiger partial charge in [0.05, 0.1) is 17.7 Å². The zero-order valence-corrected chi connectivity index (χ0v) is 14.4. The van der Waals surface area contributed by atoms with Gasteiger partial charge in [0.1, 0.15) is 0 Å². The first kappa shape index (κ1) is 15.6. The molecule has 0 radical (unpaired) electrons. The highest BCUT2D eigenvalue weighted by Crippen LogP contribution is 2.44. The van der Waals surface area contributed by atoms with Gasteiger partial charge in [-0.1, -0.05) is 91.5 Å². The summed E-state index contributed by atoms with van der Waals surface area (Å²) >= 11 is 0. The Labute approximate surface area is 149 Å².